The third-order valence-corrected chi connectivity index (χ3v) is 5.01. The van der Waals surface area contributed by atoms with Crippen LogP contribution in [0.1, 0.15) is 17.7 Å². The fourth-order valence-corrected chi connectivity index (χ4v) is 3.40. The molecule has 2 aromatic carbocycles. The van der Waals surface area contributed by atoms with E-state index in [4.69, 9.17) is 4.74 Å². The van der Waals surface area contributed by atoms with E-state index in [0.29, 0.717) is 17.6 Å². The van der Waals surface area contributed by atoms with E-state index in [9.17, 15) is 9.59 Å². The van der Waals surface area contributed by atoms with E-state index in [1.807, 2.05) is 48.5 Å². The number of carbonyl (C=O) groups excluding carboxylic acids is 1. The lowest BCUT2D eigenvalue weighted by Gasteiger charge is -2.26. The van der Waals surface area contributed by atoms with Crippen LogP contribution in [0.5, 0.6) is 0 Å². The van der Waals surface area contributed by atoms with Gasteiger partial charge in [-0.25, -0.2) is 4.98 Å². The Bertz CT molecular complexity index is 1040. The molecule has 150 valence electrons. The maximum absolute atomic E-state index is 12.3. The number of nitrogens with zero attached hydrogens (tertiary/aromatic N) is 2. The highest BCUT2D eigenvalue weighted by molar-refractivity contribution is 5.90. The van der Waals surface area contributed by atoms with Crippen LogP contribution in [0.25, 0.3) is 11.0 Å². The molecule has 0 atom stereocenters. The van der Waals surface area contributed by atoms with Crippen molar-refractivity contribution < 1.29 is 9.53 Å². The highest BCUT2D eigenvalue weighted by Gasteiger charge is 2.11. The van der Waals surface area contributed by atoms with E-state index in [-0.39, 0.29) is 17.9 Å². The largest absolute Gasteiger partial charge is 0.379 e. The van der Waals surface area contributed by atoms with Gasteiger partial charge in [0.05, 0.1) is 24.2 Å². The van der Waals surface area contributed by atoms with E-state index in [1.54, 1.807) is 0 Å². The number of hydrogen-bond acceptors (Lipinski definition) is 5. The summed E-state index contributed by atoms with van der Waals surface area (Å²) in [5.74, 6) is -0.139. The minimum Gasteiger partial charge on any atom is -0.379 e. The Kier molecular flexibility index (Phi) is 5.97. The minimum absolute atomic E-state index is 0.139. The molecule has 1 fully saturated rings. The quantitative estimate of drug-likeness (QED) is 0.672. The maximum atomic E-state index is 12.3. The van der Waals surface area contributed by atoms with Crippen LogP contribution in [0.4, 0.5) is 5.69 Å². The van der Waals surface area contributed by atoms with Crippen molar-refractivity contribution in [3.63, 3.8) is 0 Å². The second-order valence-corrected chi connectivity index (χ2v) is 7.16. The van der Waals surface area contributed by atoms with Crippen molar-refractivity contribution in [3.8, 4) is 0 Å². The third-order valence-electron chi connectivity index (χ3n) is 5.01. The standard InChI is InChI=1S/C22H24N4O3/c27-21(10-9-20-22(28)25-19-4-2-1-3-18(19)24-20)23-17-7-5-16(6-8-17)15-26-11-13-29-14-12-26/h1-8H,9-15H2,(H,23,27)(H,25,28). The second kappa shape index (κ2) is 8.98. The van der Waals surface area contributed by atoms with Gasteiger partial charge in [-0.3, -0.25) is 14.5 Å². The van der Waals surface area contributed by atoms with Crippen molar-refractivity contribution in [3.05, 3.63) is 70.1 Å². The molecule has 3 aromatic rings. The lowest BCUT2D eigenvalue weighted by Crippen LogP contribution is -2.35. The Hall–Kier alpha value is -3.03. The monoisotopic (exact) mass is 392 g/mol. The summed E-state index contributed by atoms with van der Waals surface area (Å²) in [5.41, 5.74) is 3.50. The van der Waals surface area contributed by atoms with Crippen LogP contribution in [0.2, 0.25) is 0 Å². The van der Waals surface area contributed by atoms with Crippen LogP contribution >= 0.6 is 0 Å². The molecule has 29 heavy (non-hydrogen) atoms. The summed E-state index contributed by atoms with van der Waals surface area (Å²) in [6, 6.07) is 15.2. The molecule has 0 aliphatic carbocycles. The van der Waals surface area contributed by atoms with Crippen LogP contribution in [-0.4, -0.2) is 47.1 Å². The average Bonchev–Trinajstić information content (AvgIpc) is 2.74. The first-order valence-corrected chi connectivity index (χ1v) is 9.84. The smallest absolute Gasteiger partial charge is 0.270 e. The van der Waals surface area contributed by atoms with E-state index in [0.717, 1.165) is 44.1 Å². The average molecular weight is 392 g/mol. The summed E-state index contributed by atoms with van der Waals surface area (Å²) in [7, 11) is 0. The van der Waals surface area contributed by atoms with E-state index in [2.05, 4.69) is 20.2 Å². The van der Waals surface area contributed by atoms with Crippen molar-refractivity contribution in [1.82, 2.24) is 14.9 Å². The first-order chi connectivity index (χ1) is 14.2. The van der Waals surface area contributed by atoms with Gasteiger partial charge in [-0.05, 0) is 29.8 Å². The molecule has 2 N–H and O–H groups in total. The number of amides is 1. The molecular weight excluding hydrogens is 368 g/mol. The Morgan fingerprint density at radius 2 is 1.86 bits per heavy atom. The molecule has 0 spiro atoms. The first kappa shape index (κ1) is 19.3. The number of aromatic nitrogens is 2. The molecule has 0 saturated carbocycles. The molecule has 0 radical (unpaired) electrons. The predicted octanol–water partition coefficient (Wildman–Crippen LogP) is 2.33. The Morgan fingerprint density at radius 1 is 1.10 bits per heavy atom. The molecule has 1 amide bonds. The van der Waals surface area contributed by atoms with Crippen molar-refractivity contribution in [2.45, 2.75) is 19.4 Å². The van der Waals surface area contributed by atoms with Gasteiger partial charge in [0.1, 0.15) is 5.69 Å². The Morgan fingerprint density at radius 3 is 2.66 bits per heavy atom. The van der Waals surface area contributed by atoms with E-state index in [1.165, 1.54) is 5.56 Å². The Labute approximate surface area is 168 Å². The molecule has 4 rings (SSSR count). The number of nitrogens with one attached hydrogen (secondary N) is 2. The molecule has 1 aliphatic heterocycles. The number of para-hydroxylation sites is 2. The van der Waals surface area contributed by atoms with E-state index < -0.39 is 0 Å². The van der Waals surface area contributed by atoms with Gasteiger partial charge in [0.25, 0.3) is 5.56 Å². The van der Waals surface area contributed by atoms with Gasteiger partial charge >= 0.3 is 0 Å². The number of aromatic amines is 1. The number of rotatable bonds is 6. The number of fused-ring (bicyclic) bond motifs is 1. The van der Waals surface area contributed by atoms with E-state index >= 15 is 0 Å². The molecule has 2 heterocycles. The molecule has 7 heteroatoms. The number of ether oxygens (including phenoxy) is 1. The van der Waals surface area contributed by atoms with Crippen molar-refractivity contribution in [2.75, 3.05) is 31.6 Å². The predicted molar refractivity (Wildman–Crippen MR) is 112 cm³/mol. The number of H-pyrrole nitrogens is 1. The SMILES string of the molecule is O=C(CCc1nc2ccccc2[nH]c1=O)Nc1ccc(CN2CCOCC2)cc1. The number of benzene rings is 2. The molecule has 1 saturated heterocycles. The summed E-state index contributed by atoms with van der Waals surface area (Å²) >= 11 is 0. The number of carbonyl (C=O) groups is 1. The lowest BCUT2D eigenvalue weighted by atomic mass is 10.1. The fourth-order valence-electron chi connectivity index (χ4n) is 3.40. The summed E-state index contributed by atoms with van der Waals surface area (Å²) < 4.78 is 5.37. The van der Waals surface area contributed by atoms with Crippen LogP contribution in [-0.2, 0) is 22.5 Å². The topological polar surface area (TPSA) is 87.3 Å². The zero-order chi connectivity index (χ0) is 20.1. The second-order valence-electron chi connectivity index (χ2n) is 7.16. The van der Waals surface area contributed by atoms with Gasteiger partial charge in [-0.15, -0.1) is 0 Å². The van der Waals surface area contributed by atoms with Gasteiger partial charge in [0.2, 0.25) is 5.91 Å². The molecule has 1 aliphatic rings. The van der Waals surface area contributed by atoms with Crippen molar-refractivity contribution in [2.24, 2.45) is 0 Å². The maximum Gasteiger partial charge on any atom is 0.270 e. The highest BCUT2D eigenvalue weighted by atomic mass is 16.5. The zero-order valence-corrected chi connectivity index (χ0v) is 16.2. The van der Waals surface area contributed by atoms with Crippen LogP contribution in [0, 0.1) is 0 Å². The first-order valence-electron chi connectivity index (χ1n) is 9.84. The van der Waals surface area contributed by atoms with Gasteiger partial charge in [0, 0.05) is 38.2 Å². The van der Waals surface area contributed by atoms with Gasteiger partial charge in [-0.1, -0.05) is 24.3 Å². The molecule has 1 aromatic heterocycles. The van der Waals surface area contributed by atoms with Crippen LogP contribution < -0.4 is 10.9 Å². The lowest BCUT2D eigenvalue weighted by molar-refractivity contribution is -0.116. The van der Waals surface area contributed by atoms with Crippen LogP contribution in [0.15, 0.2) is 53.3 Å². The molecule has 7 nitrogen and oxygen atoms in total. The number of aryl methyl sites for hydroxylation is 1. The molecule has 0 bridgehead atoms. The normalized spacial score (nSPS) is 14.8. The summed E-state index contributed by atoms with van der Waals surface area (Å²) in [4.78, 5) is 34.0. The zero-order valence-electron chi connectivity index (χ0n) is 16.2. The van der Waals surface area contributed by atoms with Gasteiger partial charge in [-0.2, -0.15) is 0 Å². The van der Waals surface area contributed by atoms with Crippen molar-refractivity contribution in [1.29, 1.82) is 0 Å². The third kappa shape index (κ3) is 5.07. The van der Waals surface area contributed by atoms with Crippen molar-refractivity contribution >= 4 is 22.6 Å². The highest BCUT2D eigenvalue weighted by Crippen LogP contribution is 2.13. The Balaban J connectivity index is 1.31. The summed E-state index contributed by atoms with van der Waals surface area (Å²) in [6.07, 6.45) is 0.491. The number of morpholine rings is 1. The van der Waals surface area contributed by atoms with Gasteiger partial charge < -0.3 is 15.0 Å². The van der Waals surface area contributed by atoms with Crippen LogP contribution in [0.3, 0.4) is 0 Å². The number of anilines is 1. The molecule has 0 unspecified atom stereocenters. The number of hydrogen-bond donors (Lipinski definition) is 2. The fraction of sp³-hybridized carbons (Fsp3) is 0.318. The molecular formula is C22H24N4O3. The summed E-state index contributed by atoms with van der Waals surface area (Å²) in [5, 5.41) is 2.89. The van der Waals surface area contributed by atoms with Gasteiger partial charge in [0.15, 0.2) is 0 Å². The minimum atomic E-state index is -0.246. The summed E-state index contributed by atoms with van der Waals surface area (Å²) in [6.45, 7) is 4.33.